The van der Waals surface area contributed by atoms with Crippen molar-refractivity contribution >= 4 is 12.7 Å². The Balaban J connectivity index is 2.27. The number of rotatable bonds is 3. The molecule has 0 aromatic carbocycles. The number of hydrogen-bond donors (Lipinski definition) is 0. The molecular formula is C14H25BN2O2. The molecule has 1 aliphatic heterocycles. The van der Waals surface area contributed by atoms with Crippen LogP contribution in [0.15, 0.2) is 6.20 Å². The Morgan fingerprint density at radius 2 is 1.79 bits per heavy atom. The van der Waals surface area contributed by atoms with Gasteiger partial charge in [-0.2, -0.15) is 5.10 Å². The molecule has 0 aliphatic carbocycles. The van der Waals surface area contributed by atoms with Crippen LogP contribution in [-0.4, -0.2) is 28.1 Å². The number of aromatic nitrogens is 2. The van der Waals surface area contributed by atoms with Crippen LogP contribution in [0.1, 0.15) is 59.6 Å². The summed E-state index contributed by atoms with van der Waals surface area (Å²) in [6.45, 7) is 14.6. The van der Waals surface area contributed by atoms with Crippen molar-refractivity contribution in [1.82, 2.24) is 9.78 Å². The Bertz CT molecular complexity index is 452. The summed E-state index contributed by atoms with van der Waals surface area (Å²) >= 11 is 0. The normalized spacial score (nSPS) is 22.8. The Hall–Kier alpha value is -0.805. The highest BCUT2D eigenvalue weighted by Crippen LogP contribution is 2.36. The molecule has 0 saturated carbocycles. The van der Waals surface area contributed by atoms with Crippen LogP contribution in [0.2, 0.25) is 0 Å². The molecule has 1 aromatic heterocycles. The quantitative estimate of drug-likeness (QED) is 0.787. The van der Waals surface area contributed by atoms with E-state index in [0.29, 0.717) is 6.04 Å². The summed E-state index contributed by atoms with van der Waals surface area (Å²) < 4.78 is 14.1. The summed E-state index contributed by atoms with van der Waals surface area (Å²) in [5, 5.41) is 4.66. The standard InChI is InChI=1S/C14H25BN2O2/c1-8-11(3)17-9-10(2)12(16-17)15-18-13(4,5)14(6,7)19-15/h9,11H,8H2,1-7H3. The third kappa shape index (κ3) is 2.46. The minimum Gasteiger partial charge on any atom is -0.398 e. The maximum Gasteiger partial charge on any atom is 0.516 e. The lowest BCUT2D eigenvalue weighted by atomic mass is 9.82. The SMILES string of the molecule is CCC(C)n1cc(C)c(B2OC(C)(C)C(C)(C)O2)n1. The molecule has 1 unspecified atom stereocenters. The average Bonchev–Trinajstić information content (AvgIpc) is 2.77. The third-order valence-electron chi connectivity index (χ3n) is 4.47. The lowest BCUT2D eigenvalue weighted by Gasteiger charge is -2.32. The largest absolute Gasteiger partial charge is 0.516 e. The molecule has 2 heterocycles. The van der Waals surface area contributed by atoms with E-state index >= 15 is 0 Å². The Kier molecular flexibility index (Phi) is 3.56. The molecule has 0 N–H and O–H groups in total. The van der Waals surface area contributed by atoms with E-state index in [9.17, 15) is 0 Å². The van der Waals surface area contributed by atoms with E-state index in [0.717, 1.165) is 17.6 Å². The fraction of sp³-hybridized carbons (Fsp3) is 0.786. The molecule has 4 nitrogen and oxygen atoms in total. The molecule has 106 valence electrons. The van der Waals surface area contributed by atoms with E-state index in [1.807, 2.05) is 4.68 Å². The van der Waals surface area contributed by atoms with Crippen LogP contribution in [-0.2, 0) is 9.31 Å². The van der Waals surface area contributed by atoms with E-state index in [1.54, 1.807) is 0 Å². The molecule has 0 bridgehead atoms. The molecule has 5 heteroatoms. The Morgan fingerprint density at radius 3 is 2.26 bits per heavy atom. The van der Waals surface area contributed by atoms with E-state index < -0.39 is 0 Å². The molecule has 2 rings (SSSR count). The highest BCUT2D eigenvalue weighted by Gasteiger charge is 2.53. The summed E-state index contributed by atoms with van der Waals surface area (Å²) in [7, 11) is -0.365. The van der Waals surface area contributed by atoms with E-state index in [-0.39, 0.29) is 18.3 Å². The van der Waals surface area contributed by atoms with Gasteiger partial charge in [0.2, 0.25) is 0 Å². The fourth-order valence-electron chi connectivity index (χ4n) is 2.10. The van der Waals surface area contributed by atoms with Crippen LogP contribution in [0.5, 0.6) is 0 Å². The first-order chi connectivity index (χ1) is 8.68. The smallest absolute Gasteiger partial charge is 0.398 e. The van der Waals surface area contributed by atoms with Crippen molar-refractivity contribution in [2.45, 2.75) is 72.1 Å². The van der Waals surface area contributed by atoms with Gasteiger partial charge in [0.05, 0.1) is 16.8 Å². The topological polar surface area (TPSA) is 36.3 Å². The predicted octanol–water partition coefficient (Wildman–Crippen LogP) is 2.46. The van der Waals surface area contributed by atoms with Gasteiger partial charge in [0.25, 0.3) is 0 Å². The molecular weight excluding hydrogens is 239 g/mol. The molecule has 0 radical (unpaired) electrons. The lowest BCUT2D eigenvalue weighted by Crippen LogP contribution is -2.41. The Labute approximate surface area is 116 Å². The minimum atomic E-state index is -0.365. The fourth-order valence-corrected chi connectivity index (χ4v) is 2.10. The average molecular weight is 264 g/mol. The van der Waals surface area contributed by atoms with E-state index in [4.69, 9.17) is 9.31 Å². The highest BCUT2D eigenvalue weighted by molar-refractivity contribution is 6.61. The molecule has 19 heavy (non-hydrogen) atoms. The van der Waals surface area contributed by atoms with E-state index in [2.05, 4.69) is 59.8 Å². The van der Waals surface area contributed by atoms with Gasteiger partial charge in [0.1, 0.15) is 0 Å². The van der Waals surface area contributed by atoms with Crippen molar-refractivity contribution in [2.24, 2.45) is 0 Å². The van der Waals surface area contributed by atoms with Crippen LogP contribution in [0.4, 0.5) is 0 Å². The molecule has 1 aliphatic rings. The summed E-state index contributed by atoms with van der Waals surface area (Å²) in [6, 6.07) is 0.398. The van der Waals surface area contributed by atoms with Gasteiger partial charge in [-0.05, 0) is 53.5 Å². The maximum atomic E-state index is 6.06. The second-order valence-corrected chi connectivity index (χ2v) is 6.52. The zero-order valence-corrected chi connectivity index (χ0v) is 13.2. The highest BCUT2D eigenvalue weighted by atomic mass is 16.7. The van der Waals surface area contributed by atoms with Crippen molar-refractivity contribution in [1.29, 1.82) is 0 Å². The van der Waals surface area contributed by atoms with Crippen LogP contribution in [0.3, 0.4) is 0 Å². The second kappa shape index (κ2) is 4.63. The summed E-state index contributed by atoms with van der Waals surface area (Å²) in [5.41, 5.74) is 1.40. The van der Waals surface area contributed by atoms with Crippen molar-refractivity contribution < 1.29 is 9.31 Å². The van der Waals surface area contributed by atoms with Crippen LogP contribution < -0.4 is 5.59 Å². The first-order valence-electron chi connectivity index (χ1n) is 7.09. The van der Waals surface area contributed by atoms with Gasteiger partial charge < -0.3 is 9.31 Å². The predicted molar refractivity (Wildman–Crippen MR) is 77.7 cm³/mol. The summed E-state index contributed by atoms with van der Waals surface area (Å²) in [5.74, 6) is 0. The zero-order chi connectivity index (χ0) is 14.4. The van der Waals surface area contributed by atoms with Gasteiger partial charge in [0.15, 0.2) is 0 Å². The molecule has 1 saturated heterocycles. The first kappa shape index (κ1) is 14.6. The van der Waals surface area contributed by atoms with Gasteiger partial charge >= 0.3 is 7.12 Å². The summed E-state index contributed by atoms with van der Waals surface area (Å²) in [6.07, 6.45) is 3.14. The molecule has 0 spiro atoms. The molecule has 0 amide bonds. The zero-order valence-electron chi connectivity index (χ0n) is 13.2. The Morgan fingerprint density at radius 1 is 1.26 bits per heavy atom. The van der Waals surface area contributed by atoms with Crippen LogP contribution in [0, 0.1) is 6.92 Å². The maximum absolute atomic E-state index is 6.06. The molecule has 1 fully saturated rings. The van der Waals surface area contributed by atoms with Gasteiger partial charge in [0, 0.05) is 12.2 Å². The van der Waals surface area contributed by atoms with Crippen molar-refractivity contribution in [2.75, 3.05) is 0 Å². The second-order valence-electron chi connectivity index (χ2n) is 6.52. The lowest BCUT2D eigenvalue weighted by molar-refractivity contribution is 0.00578. The minimum absolute atomic E-state index is 0.315. The van der Waals surface area contributed by atoms with E-state index in [1.165, 1.54) is 0 Å². The molecule has 1 atom stereocenters. The third-order valence-corrected chi connectivity index (χ3v) is 4.47. The van der Waals surface area contributed by atoms with Crippen LogP contribution in [0.25, 0.3) is 0 Å². The number of aryl methyl sites for hydroxylation is 1. The van der Waals surface area contributed by atoms with Crippen molar-refractivity contribution in [3.05, 3.63) is 11.8 Å². The summed E-state index contributed by atoms with van der Waals surface area (Å²) in [4.78, 5) is 0. The van der Waals surface area contributed by atoms with Gasteiger partial charge in [-0.3, -0.25) is 4.68 Å². The monoisotopic (exact) mass is 264 g/mol. The van der Waals surface area contributed by atoms with Gasteiger partial charge in [-0.1, -0.05) is 6.92 Å². The van der Waals surface area contributed by atoms with Crippen LogP contribution >= 0.6 is 0 Å². The first-order valence-corrected chi connectivity index (χ1v) is 7.09. The van der Waals surface area contributed by atoms with Crippen molar-refractivity contribution in [3.63, 3.8) is 0 Å². The van der Waals surface area contributed by atoms with Gasteiger partial charge in [-0.15, -0.1) is 0 Å². The van der Waals surface area contributed by atoms with Crippen molar-refractivity contribution in [3.8, 4) is 0 Å². The molecule has 1 aromatic rings. The van der Waals surface area contributed by atoms with Gasteiger partial charge in [-0.25, -0.2) is 0 Å². The number of hydrogen-bond acceptors (Lipinski definition) is 3. The number of nitrogens with zero attached hydrogens (tertiary/aromatic N) is 2.